The number of hydrogen-bond acceptors (Lipinski definition) is 4. The largest absolute Gasteiger partial charge is 0.389 e. The van der Waals surface area contributed by atoms with Gasteiger partial charge >= 0.3 is 0 Å². The number of aliphatic hydroxyl groups is 1. The summed E-state index contributed by atoms with van der Waals surface area (Å²) in [5.74, 6) is 0.0366. The molecule has 1 aliphatic rings. The van der Waals surface area contributed by atoms with Crippen molar-refractivity contribution in [1.29, 1.82) is 0 Å². The quantitative estimate of drug-likeness (QED) is 0.867. The highest BCUT2D eigenvalue weighted by atomic mass is 32.1. The molecule has 0 aromatic carbocycles. The summed E-state index contributed by atoms with van der Waals surface area (Å²) in [5, 5.41) is 15.5. The van der Waals surface area contributed by atoms with E-state index in [-0.39, 0.29) is 23.4 Å². The van der Waals surface area contributed by atoms with E-state index in [1.54, 1.807) is 11.3 Å². The Morgan fingerprint density at radius 1 is 1.43 bits per heavy atom. The maximum Gasteiger partial charge on any atom is 0.234 e. The van der Waals surface area contributed by atoms with Crippen molar-refractivity contribution in [2.24, 2.45) is 5.41 Å². The molecule has 2 unspecified atom stereocenters. The lowest BCUT2D eigenvalue weighted by atomic mass is 9.85. The molecule has 1 aliphatic heterocycles. The molecule has 2 rings (SSSR count). The standard InChI is InChI=1S/C18H30N2O2S/c1-17(2,3)16(13-8-7-11-23-13)19-15(21)12-20-10-6-9-14(20)18(4,5)22/h7-8,11,14,16,22H,6,9-10,12H2,1-5H3,(H,19,21). The fourth-order valence-corrected chi connectivity index (χ4v) is 4.40. The maximum atomic E-state index is 12.6. The van der Waals surface area contributed by atoms with Crippen molar-refractivity contribution in [3.63, 3.8) is 0 Å². The number of nitrogens with zero attached hydrogens (tertiary/aromatic N) is 1. The normalized spacial score (nSPS) is 21.4. The van der Waals surface area contributed by atoms with Crippen LogP contribution in [0, 0.1) is 5.41 Å². The van der Waals surface area contributed by atoms with Crippen LogP contribution in [0.25, 0.3) is 0 Å². The Balaban J connectivity index is 2.03. The highest BCUT2D eigenvalue weighted by Gasteiger charge is 2.37. The summed E-state index contributed by atoms with van der Waals surface area (Å²) < 4.78 is 0. The van der Waals surface area contributed by atoms with Crippen LogP contribution >= 0.6 is 11.3 Å². The van der Waals surface area contributed by atoms with Crippen molar-refractivity contribution in [2.45, 2.75) is 65.1 Å². The van der Waals surface area contributed by atoms with E-state index < -0.39 is 5.60 Å². The van der Waals surface area contributed by atoms with Crippen LogP contribution in [-0.2, 0) is 4.79 Å². The number of rotatable bonds is 5. The molecule has 0 aliphatic carbocycles. The zero-order chi connectivity index (χ0) is 17.3. The molecule has 1 fully saturated rings. The Hall–Kier alpha value is -0.910. The molecule has 5 heteroatoms. The Labute approximate surface area is 143 Å². The molecule has 0 bridgehead atoms. The smallest absolute Gasteiger partial charge is 0.234 e. The van der Waals surface area contributed by atoms with Gasteiger partial charge in [0.2, 0.25) is 5.91 Å². The van der Waals surface area contributed by atoms with Crippen molar-refractivity contribution in [2.75, 3.05) is 13.1 Å². The predicted octanol–water partition coefficient (Wildman–Crippen LogP) is 3.19. The van der Waals surface area contributed by atoms with E-state index in [1.165, 1.54) is 4.88 Å². The number of nitrogens with one attached hydrogen (secondary N) is 1. The van der Waals surface area contributed by atoms with Crippen molar-refractivity contribution >= 4 is 17.2 Å². The van der Waals surface area contributed by atoms with Crippen LogP contribution in [0.4, 0.5) is 0 Å². The summed E-state index contributed by atoms with van der Waals surface area (Å²) in [6.45, 7) is 11.3. The lowest BCUT2D eigenvalue weighted by molar-refractivity contribution is -0.125. The third kappa shape index (κ3) is 4.78. The molecule has 1 amide bonds. The van der Waals surface area contributed by atoms with E-state index in [1.807, 2.05) is 25.3 Å². The zero-order valence-electron chi connectivity index (χ0n) is 14.9. The van der Waals surface area contributed by atoms with Crippen LogP contribution in [0.3, 0.4) is 0 Å². The molecule has 2 atom stereocenters. The van der Waals surface area contributed by atoms with E-state index in [0.29, 0.717) is 6.54 Å². The fraction of sp³-hybridized carbons (Fsp3) is 0.722. The fourth-order valence-electron chi connectivity index (χ4n) is 3.38. The second kappa shape index (κ2) is 6.91. The van der Waals surface area contributed by atoms with Gasteiger partial charge in [-0.1, -0.05) is 26.8 Å². The predicted molar refractivity (Wildman–Crippen MR) is 95.6 cm³/mol. The van der Waals surface area contributed by atoms with E-state index >= 15 is 0 Å². The molecular weight excluding hydrogens is 308 g/mol. The van der Waals surface area contributed by atoms with Gasteiger partial charge in [-0.05, 0) is 50.1 Å². The maximum absolute atomic E-state index is 12.6. The lowest BCUT2D eigenvalue weighted by Gasteiger charge is -2.35. The molecule has 1 aromatic rings. The average Bonchev–Trinajstić information content (AvgIpc) is 3.04. The number of likely N-dealkylation sites (tertiary alicyclic amines) is 1. The first-order valence-electron chi connectivity index (χ1n) is 8.38. The SMILES string of the molecule is CC(C)(C)C(NC(=O)CN1CCCC1C(C)(C)O)c1cccs1. The van der Waals surface area contributed by atoms with Crippen LogP contribution in [0.1, 0.15) is 58.4 Å². The Morgan fingerprint density at radius 3 is 2.65 bits per heavy atom. The minimum atomic E-state index is -0.770. The van der Waals surface area contributed by atoms with Gasteiger partial charge in [0.25, 0.3) is 0 Å². The summed E-state index contributed by atoms with van der Waals surface area (Å²) >= 11 is 1.68. The van der Waals surface area contributed by atoms with E-state index in [9.17, 15) is 9.90 Å². The molecule has 130 valence electrons. The van der Waals surface area contributed by atoms with Gasteiger partial charge in [0.05, 0.1) is 18.2 Å². The monoisotopic (exact) mass is 338 g/mol. The second-order valence-corrected chi connectivity index (χ2v) is 9.14. The number of carbonyl (C=O) groups excluding carboxylic acids is 1. The number of amides is 1. The van der Waals surface area contributed by atoms with E-state index in [0.717, 1.165) is 19.4 Å². The first kappa shape index (κ1) is 18.4. The third-order valence-electron chi connectivity index (χ3n) is 4.52. The highest BCUT2D eigenvalue weighted by Crippen LogP contribution is 2.35. The van der Waals surface area contributed by atoms with Gasteiger partial charge in [0.15, 0.2) is 0 Å². The first-order valence-corrected chi connectivity index (χ1v) is 9.26. The zero-order valence-corrected chi connectivity index (χ0v) is 15.7. The molecule has 2 N–H and O–H groups in total. The number of thiophene rings is 1. The van der Waals surface area contributed by atoms with Gasteiger partial charge in [-0.25, -0.2) is 0 Å². The highest BCUT2D eigenvalue weighted by molar-refractivity contribution is 7.10. The lowest BCUT2D eigenvalue weighted by Crippen LogP contribution is -2.50. The van der Waals surface area contributed by atoms with Gasteiger partial charge in [-0.3, -0.25) is 9.69 Å². The van der Waals surface area contributed by atoms with Crippen LogP contribution in [0.2, 0.25) is 0 Å². The number of hydrogen-bond donors (Lipinski definition) is 2. The van der Waals surface area contributed by atoms with Gasteiger partial charge in [-0.15, -0.1) is 11.3 Å². The van der Waals surface area contributed by atoms with Crippen LogP contribution in [0.5, 0.6) is 0 Å². The van der Waals surface area contributed by atoms with Crippen LogP contribution in [0.15, 0.2) is 17.5 Å². The molecule has 1 aromatic heterocycles. The third-order valence-corrected chi connectivity index (χ3v) is 5.46. The van der Waals surface area contributed by atoms with Crippen molar-refractivity contribution in [3.8, 4) is 0 Å². The van der Waals surface area contributed by atoms with Crippen LogP contribution in [-0.4, -0.2) is 40.6 Å². The molecule has 0 saturated carbocycles. The minimum absolute atomic E-state index is 0.0122. The molecular formula is C18H30N2O2S. The van der Waals surface area contributed by atoms with Gasteiger partial charge in [0.1, 0.15) is 0 Å². The number of carbonyl (C=O) groups is 1. The first-order chi connectivity index (χ1) is 10.6. The summed E-state index contributed by atoms with van der Waals surface area (Å²) in [7, 11) is 0. The molecule has 0 spiro atoms. The molecule has 23 heavy (non-hydrogen) atoms. The summed E-state index contributed by atoms with van der Waals surface area (Å²) in [5.41, 5.74) is -0.810. The molecule has 0 radical (unpaired) electrons. The van der Waals surface area contributed by atoms with E-state index in [2.05, 4.69) is 37.1 Å². The molecule has 2 heterocycles. The van der Waals surface area contributed by atoms with Gasteiger partial charge in [0, 0.05) is 10.9 Å². The molecule has 4 nitrogen and oxygen atoms in total. The van der Waals surface area contributed by atoms with Crippen molar-refractivity contribution in [1.82, 2.24) is 10.2 Å². The van der Waals surface area contributed by atoms with Gasteiger partial charge in [-0.2, -0.15) is 0 Å². The minimum Gasteiger partial charge on any atom is -0.389 e. The molecule has 1 saturated heterocycles. The summed E-state index contributed by atoms with van der Waals surface area (Å²) in [6, 6.07) is 4.17. The van der Waals surface area contributed by atoms with Crippen molar-refractivity contribution in [3.05, 3.63) is 22.4 Å². The Bertz CT molecular complexity index is 514. The Morgan fingerprint density at radius 2 is 2.13 bits per heavy atom. The van der Waals surface area contributed by atoms with Crippen LogP contribution < -0.4 is 5.32 Å². The van der Waals surface area contributed by atoms with Crippen molar-refractivity contribution < 1.29 is 9.90 Å². The summed E-state index contributed by atoms with van der Waals surface area (Å²) in [4.78, 5) is 15.9. The second-order valence-electron chi connectivity index (χ2n) is 8.16. The van der Waals surface area contributed by atoms with E-state index in [4.69, 9.17) is 0 Å². The topological polar surface area (TPSA) is 52.6 Å². The van der Waals surface area contributed by atoms with Gasteiger partial charge < -0.3 is 10.4 Å². The Kier molecular flexibility index (Phi) is 5.54. The summed E-state index contributed by atoms with van der Waals surface area (Å²) in [6.07, 6.45) is 1.99. The average molecular weight is 339 g/mol.